The lowest BCUT2D eigenvalue weighted by Gasteiger charge is -2.26. The molecule has 0 spiro atoms. The molecule has 0 bridgehead atoms. The summed E-state index contributed by atoms with van der Waals surface area (Å²) in [5, 5.41) is 1.85. The number of hydrogen-bond donors (Lipinski definition) is 1. The zero-order chi connectivity index (χ0) is 11.4. The van der Waals surface area contributed by atoms with Gasteiger partial charge < -0.3 is 4.74 Å². The third kappa shape index (κ3) is 3.01. The number of ether oxygens (including phenoxy) is 1. The number of halogens is 1. The van der Waals surface area contributed by atoms with Crippen LogP contribution in [0.3, 0.4) is 0 Å². The minimum atomic E-state index is -0.143. The maximum Gasteiger partial charge on any atom is 0.267 e. The average Bonchev–Trinajstić information content (AvgIpc) is 2.30. The van der Waals surface area contributed by atoms with Gasteiger partial charge in [0.1, 0.15) is 0 Å². The number of pyridine rings is 1. The van der Waals surface area contributed by atoms with Gasteiger partial charge in [0.2, 0.25) is 0 Å². The van der Waals surface area contributed by atoms with Crippen molar-refractivity contribution < 1.29 is 9.53 Å². The van der Waals surface area contributed by atoms with Crippen molar-refractivity contribution in [1.29, 1.82) is 0 Å². The van der Waals surface area contributed by atoms with E-state index in [4.69, 9.17) is 4.74 Å². The van der Waals surface area contributed by atoms with Crippen molar-refractivity contribution in [3.8, 4) is 0 Å². The minimum absolute atomic E-state index is 0.143. The predicted molar refractivity (Wildman–Crippen MR) is 61.8 cm³/mol. The summed E-state index contributed by atoms with van der Waals surface area (Å²) < 4.78 is 5.99. The Hall–Kier alpha value is -0.980. The number of hydrazine groups is 1. The number of nitrogens with zero attached hydrogens (tertiary/aromatic N) is 2. The molecule has 0 saturated carbocycles. The molecule has 0 atom stereocenters. The Kier molecular flexibility index (Phi) is 3.87. The molecule has 0 aliphatic carbocycles. The molecule has 1 aliphatic rings. The van der Waals surface area contributed by atoms with Gasteiger partial charge in [-0.3, -0.25) is 15.2 Å². The summed E-state index contributed by atoms with van der Waals surface area (Å²) in [6.45, 7) is 2.73. The zero-order valence-corrected chi connectivity index (χ0v) is 10.2. The van der Waals surface area contributed by atoms with E-state index >= 15 is 0 Å². The Morgan fingerprint density at radius 1 is 1.44 bits per heavy atom. The van der Waals surface area contributed by atoms with Gasteiger partial charge in [0, 0.05) is 30.0 Å². The lowest BCUT2D eigenvalue weighted by atomic mass is 10.3. The fourth-order valence-electron chi connectivity index (χ4n) is 1.42. The van der Waals surface area contributed by atoms with Gasteiger partial charge in [-0.2, -0.15) is 0 Å². The summed E-state index contributed by atoms with van der Waals surface area (Å²) in [5.74, 6) is -0.143. The summed E-state index contributed by atoms with van der Waals surface area (Å²) in [6.07, 6.45) is 3.19. The predicted octanol–water partition coefficient (Wildman–Crippen LogP) is 0.821. The molecule has 2 heterocycles. The van der Waals surface area contributed by atoms with Gasteiger partial charge in [-0.05, 0) is 22.0 Å². The van der Waals surface area contributed by atoms with Crippen LogP contribution in [0.1, 0.15) is 10.4 Å². The van der Waals surface area contributed by atoms with Crippen LogP contribution in [0.4, 0.5) is 0 Å². The Morgan fingerprint density at radius 2 is 2.19 bits per heavy atom. The van der Waals surface area contributed by atoms with Gasteiger partial charge in [-0.1, -0.05) is 0 Å². The van der Waals surface area contributed by atoms with Crippen molar-refractivity contribution in [2.75, 3.05) is 26.3 Å². The van der Waals surface area contributed by atoms with Crippen molar-refractivity contribution in [1.82, 2.24) is 15.4 Å². The van der Waals surface area contributed by atoms with Crippen molar-refractivity contribution in [3.05, 3.63) is 28.5 Å². The molecule has 5 nitrogen and oxygen atoms in total. The smallest absolute Gasteiger partial charge is 0.267 e. The summed E-state index contributed by atoms with van der Waals surface area (Å²) in [5.41, 5.74) is 3.36. The fraction of sp³-hybridized carbons (Fsp3) is 0.400. The minimum Gasteiger partial charge on any atom is -0.379 e. The van der Waals surface area contributed by atoms with Crippen LogP contribution < -0.4 is 5.43 Å². The van der Waals surface area contributed by atoms with Crippen LogP contribution in [-0.4, -0.2) is 42.2 Å². The summed E-state index contributed by atoms with van der Waals surface area (Å²) in [4.78, 5) is 15.8. The van der Waals surface area contributed by atoms with E-state index < -0.39 is 0 Å². The van der Waals surface area contributed by atoms with Crippen molar-refractivity contribution in [3.63, 3.8) is 0 Å². The second kappa shape index (κ2) is 5.38. The van der Waals surface area contributed by atoms with E-state index in [0.29, 0.717) is 31.9 Å². The van der Waals surface area contributed by atoms with Crippen LogP contribution in [0.15, 0.2) is 22.9 Å². The molecular formula is C10H12BrN3O2. The molecule has 86 valence electrons. The summed E-state index contributed by atoms with van der Waals surface area (Å²) in [6, 6.07) is 1.74. The number of carbonyl (C=O) groups excluding carboxylic acids is 1. The van der Waals surface area contributed by atoms with Crippen molar-refractivity contribution in [2.24, 2.45) is 0 Å². The van der Waals surface area contributed by atoms with Crippen LogP contribution in [0, 0.1) is 0 Å². The third-order valence-corrected chi connectivity index (χ3v) is 2.67. The lowest BCUT2D eigenvalue weighted by molar-refractivity contribution is 0.0126. The quantitative estimate of drug-likeness (QED) is 0.874. The highest BCUT2D eigenvalue weighted by molar-refractivity contribution is 9.10. The number of nitrogens with one attached hydrogen (secondary N) is 1. The topological polar surface area (TPSA) is 54.5 Å². The molecule has 1 fully saturated rings. The Balaban J connectivity index is 1.97. The SMILES string of the molecule is O=C(NN1CCOCC1)c1cncc(Br)c1. The van der Waals surface area contributed by atoms with Gasteiger partial charge in [-0.25, -0.2) is 5.01 Å². The fourth-order valence-corrected chi connectivity index (χ4v) is 1.78. The van der Waals surface area contributed by atoms with Crippen LogP contribution >= 0.6 is 15.9 Å². The van der Waals surface area contributed by atoms with E-state index in [-0.39, 0.29) is 5.91 Å². The van der Waals surface area contributed by atoms with Crippen molar-refractivity contribution in [2.45, 2.75) is 0 Å². The summed E-state index contributed by atoms with van der Waals surface area (Å²) >= 11 is 3.28. The number of carbonyl (C=O) groups is 1. The molecule has 0 unspecified atom stereocenters. The van der Waals surface area contributed by atoms with Gasteiger partial charge in [0.05, 0.1) is 18.8 Å². The highest BCUT2D eigenvalue weighted by Gasteiger charge is 2.14. The van der Waals surface area contributed by atoms with Crippen molar-refractivity contribution >= 4 is 21.8 Å². The molecule has 1 aromatic heterocycles. The second-order valence-corrected chi connectivity index (χ2v) is 4.35. The zero-order valence-electron chi connectivity index (χ0n) is 8.65. The molecule has 0 aromatic carbocycles. The van der Waals surface area contributed by atoms with Gasteiger partial charge in [0.25, 0.3) is 5.91 Å². The maximum absolute atomic E-state index is 11.8. The lowest BCUT2D eigenvalue weighted by Crippen LogP contribution is -2.48. The van der Waals surface area contributed by atoms with Gasteiger partial charge in [-0.15, -0.1) is 0 Å². The maximum atomic E-state index is 11.8. The largest absolute Gasteiger partial charge is 0.379 e. The van der Waals surface area contributed by atoms with E-state index in [1.807, 2.05) is 5.01 Å². The molecular weight excluding hydrogens is 274 g/mol. The number of aromatic nitrogens is 1. The Bertz CT molecular complexity index is 380. The molecule has 1 N–H and O–H groups in total. The second-order valence-electron chi connectivity index (χ2n) is 3.43. The van der Waals surface area contributed by atoms with E-state index in [9.17, 15) is 4.79 Å². The van der Waals surface area contributed by atoms with Crippen LogP contribution in [0.25, 0.3) is 0 Å². The number of hydrogen-bond acceptors (Lipinski definition) is 4. The number of morpholine rings is 1. The highest BCUT2D eigenvalue weighted by atomic mass is 79.9. The Labute approximate surface area is 102 Å². The van der Waals surface area contributed by atoms with E-state index in [0.717, 1.165) is 4.47 Å². The summed E-state index contributed by atoms with van der Waals surface area (Å²) in [7, 11) is 0. The highest BCUT2D eigenvalue weighted by Crippen LogP contribution is 2.09. The first-order valence-electron chi connectivity index (χ1n) is 5.00. The van der Waals surface area contributed by atoms with Crippen LogP contribution in [0.2, 0.25) is 0 Å². The van der Waals surface area contributed by atoms with Crippen LogP contribution in [0.5, 0.6) is 0 Å². The normalized spacial score (nSPS) is 17.1. The first-order chi connectivity index (χ1) is 7.75. The monoisotopic (exact) mass is 285 g/mol. The van der Waals surface area contributed by atoms with E-state index in [1.54, 1.807) is 18.5 Å². The standard InChI is InChI=1S/C10H12BrN3O2/c11-9-5-8(6-12-7-9)10(15)13-14-1-3-16-4-2-14/h5-7H,1-4H2,(H,13,15). The molecule has 6 heteroatoms. The molecule has 1 aliphatic heterocycles. The average molecular weight is 286 g/mol. The first-order valence-corrected chi connectivity index (χ1v) is 5.79. The van der Waals surface area contributed by atoms with Gasteiger partial charge >= 0.3 is 0 Å². The molecule has 1 amide bonds. The third-order valence-electron chi connectivity index (χ3n) is 2.24. The molecule has 0 radical (unpaired) electrons. The molecule has 1 aromatic rings. The number of rotatable bonds is 2. The molecule has 1 saturated heterocycles. The van der Waals surface area contributed by atoms with Gasteiger partial charge in [0.15, 0.2) is 0 Å². The first kappa shape index (κ1) is 11.5. The Morgan fingerprint density at radius 3 is 2.88 bits per heavy atom. The molecule has 16 heavy (non-hydrogen) atoms. The number of amides is 1. The molecule has 2 rings (SSSR count). The van der Waals surface area contributed by atoms with E-state index in [2.05, 4.69) is 26.3 Å². The van der Waals surface area contributed by atoms with Crippen LogP contribution in [-0.2, 0) is 4.74 Å². The van der Waals surface area contributed by atoms with E-state index in [1.165, 1.54) is 0 Å².